The molecule has 2 heterocycles. The number of nitrogens with zero attached hydrogens (tertiary/aromatic N) is 3. The topological polar surface area (TPSA) is 30.7 Å². The van der Waals surface area contributed by atoms with Crippen LogP contribution in [0.2, 0.25) is 0 Å². The number of halogens is 1. The molecule has 1 aromatic carbocycles. The van der Waals surface area contributed by atoms with Crippen molar-refractivity contribution in [2.24, 2.45) is 0 Å². The summed E-state index contributed by atoms with van der Waals surface area (Å²) in [6, 6.07) is 10.3. The maximum atomic E-state index is 4.42. The first kappa shape index (κ1) is 10.7. The maximum Gasteiger partial charge on any atom is 0.0924 e. The van der Waals surface area contributed by atoms with Gasteiger partial charge in [0, 0.05) is 14.7 Å². The standard InChI is InChI=1S/C13H10IN3/c1-9-5-10-7-16-17(13(10)8-15-9)12-4-2-3-11(14)6-12/h2-8H,1H3. The van der Waals surface area contributed by atoms with E-state index in [9.17, 15) is 0 Å². The summed E-state index contributed by atoms with van der Waals surface area (Å²) in [5, 5.41) is 5.54. The van der Waals surface area contributed by atoms with E-state index in [0.717, 1.165) is 22.3 Å². The quantitative estimate of drug-likeness (QED) is 0.639. The normalized spacial score (nSPS) is 10.9. The molecule has 0 saturated carbocycles. The van der Waals surface area contributed by atoms with Gasteiger partial charge in [0.05, 0.1) is 23.6 Å². The first-order valence-corrected chi connectivity index (χ1v) is 6.38. The lowest BCUT2D eigenvalue weighted by molar-refractivity contribution is 0.907. The second-order valence-electron chi connectivity index (χ2n) is 3.92. The van der Waals surface area contributed by atoms with E-state index in [1.54, 1.807) is 0 Å². The number of aryl methyl sites for hydroxylation is 1. The molecule has 2 aromatic heterocycles. The molecule has 0 saturated heterocycles. The fourth-order valence-corrected chi connectivity index (χ4v) is 2.38. The summed E-state index contributed by atoms with van der Waals surface area (Å²) in [6.45, 7) is 1.99. The number of pyridine rings is 1. The molecule has 0 fully saturated rings. The Labute approximate surface area is 113 Å². The highest BCUT2D eigenvalue weighted by Gasteiger charge is 2.05. The van der Waals surface area contributed by atoms with Crippen LogP contribution in [0.5, 0.6) is 0 Å². The zero-order valence-corrected chi connectivity index (χ0v) is 11.4. The Morgan fingerprint density at radius 2 is 2.06 bits per heavy atom. The highest BCUT2D eigenvalue weighted by molar-refractivity contribution is 14.1. The highest BCUT2D eigenvalue weighted by atomic mass is 127. The number of rotatable bonds is 1. The van der Waals surface area contributed by atoms with E-state index in [0.29, 0.717) is 0 Å². The van der Waals surface area contributed by atoms with E-state index in [1.165, 1.54) is 3.57 Å². The van der Waals surface area contributed by atoms with E-state index in [-0.39, 0.29) is 0 Å². The van der Waals surface area contributed by atoms with Crippen LogP contribution in [0.4, 0.5) is 0 Å². The number of benzene rings is 1. The summed E-state index contributed by atoms with van der Waals surface area (Å²) in [4.78, 5) is 4.33. The van der Waals surface area contributed by atoms with Crippen molar-refractivity contribution < 1.29 is 0 Å². The Balaban J connectivity index is 2.24. The Kier molecular flexibility index (Phi) is 2.58. The second-order valence-corrected chi connectivity index (χ2v) is 5.17. The minimum atomic E-state index is 1.01. The Morgan fingerprint density at radius 3 is 2.88 bits per heavy atom. The predicted molar refractivity (Wildman–Crippen MR) is 76.3 cm³/mol. The first-order valence-electron chi connectivity index (χ1n) is 5.30. The molecule has 17 heavy (non-hydrogen) atoms. The summed E-state index contributed by atoms with van der Waals surface area (Å²) in [7, 11) is 0. The van der Waals surface area contributed by atoms with Crippen molar-refractivity contribution in [3.8, 4) is 5.69 Å². The van der Waals surface area contributed by atoms with Crippen LogP contribution in [-0.4, -0.2) is 14.8 Å². The number of aromatic nitrogens is 3. The maximum absolute atomic E-state index is 4.42. The smallest absolute Gasteiger partial charge is 0.0924 e. The zero-order valence-electron chi connectivity index (χ0n) is 9.26. The fourth-order valence-electron chi connectivity index (χ4n) is 1.85. The minimum Gasteiger partial charge on any atom is -0.259 e. The summed E-state index contributed by atoms with van der Waals surface area (Å²) in [6.07, 6.45) is 3.75. The van der Waals surface area contributed by atoms with Crippen molar-refractivity contribution >= 4 is 33.5 Å². The van der Waals surface area contributed by atoms with E-state index in [4.69, 9.17) is 0 Å². The molecule has 0 unspecified atom stereocenters. The number of fused-ring (bicyclic) bond motifs is 1. The van der Waals surface area contributed by atoms with Gasteiger partial charge >= 0.3 is 0 Å². The largest absolute Gasteiger partial charge is 0.259 e. The molecular formula is C13H10IN3. The average Bonchev–Trinajstić information content (AvgIpc) is 2.71. The van der Waals surface area contributed by atoms with Crippen molar-refractivity contribution in [2.45, 2.75) is 6.92 Å². The summed E-state index contributed by atoms with van der Waals surface area (Å²) >= 11 is 2.30. The molecule has 4 heteroatoms. The highest BCUT2D eigenvalue weighted by Crippen LogP contribution is 2.19. The van der Waals surface area contributed by atoms with Gasteiger partial charge in [0.2, 0.25) is 0 Å². The molecule has 84 valence electrons. The van der Waals surface area contributed by atoms with Gasteiger partial charge < -0.3 is 0 Å². The van der Waals surface area contributed by atoms with Crippen LogP contribution in [0.1, 0.15) is 5.69 Å². The Bertz CT molecular complexity index is 688. The summed E-state index contributed by atoms with van der Waals surface area (Å²) in [5.74, 6) is 0. The third-order valence-corrected chi connectivity index (χ3v) is 3.31. The second kappa shape index (κ2) is 4.10. The van der Waals surface area contributed by atoms with Crippen LogP contribution in [-0.2, 0) is 0 Å². The van der Waals surface area contributed by atoms with E-state index >= 15 is 0 Å². The zero-order chi connectivity index (χ0) is 11.8. The molecule has 0 spiro atoms. The SMILES string of the molecule is Cc1cc2cnn(-c3cccc(I)c3)c2cn1. The van der Waals surface area contributed by atoms with Gasteiger partial charge in [-0.2, -0.15) is 5.10 Å². The molecular weight excluding hydrogens is 325 g/mol. The molecule has 0 radical (unpaired) electrons. The van der Waals surface area contributed by atoms with Gasteiger partial charge in [-0.05, 0) is 53.8 Å². The van der Waals surface area contributed by atoms with Crippen molar-refractivity contribution in [3.05, 3.63) is 52.0 Å². The van der Waals surface area contributed by atoms with Crippen LogP contribution in [0, 0.1) is 10.5 Å². The molecule has 0 aliphatic rings. The van der Waals surface area contributed by atoms with Gasteiger partial charge in [-0.3, -0.25) is 4.98 Å². The summed E-state index contributed by atoms with van der Waals surface area (Å²) in [5.41, 5.74) is 3.12. The fraction of sp³-hybridized carbons (Fsp3) is 0.0769. The van der Waals surface area contributed by atoms with Crippen LogP contribution in [0.3, 0.4) is 0 Å². The van der Waals surface area contributed by atoms with Crippen LogP contribution < -0.4 is 0 Å². The van der Waals surface area contributed by atoms with E-state index in [1.807, 2.05) is 36.1 Å². The van der Waals surface area contributed by atoms with Gasteiger partial charge in [0.1, 0.15) is 0 Å². The molecule has 3 aromatic rings. The van der Waals surface area contributed by atoms with Gasteiger partial charge in [-0.1, -0.05) is 6.07 Å². The third kappa shape index (κ3) is 1.93. The summed E-state index contributed by atoms with van der Waals surface area (Å²) < 4.78 is 3.12. The lowest BCUT2D eigenvalue weighted by atomic mass is 10.2. The molecule has 0 N–H and O–H groups in total. The monoisotopic (exact) mass is 335 g/mol. The Hall–Kier alpha value is -1.43. The van der Waals surface area contributed by atoms with Gasteiger partial charge in [-0.25, -0.2) is 4.68 Å². The molecule has 0 aliphatic heterocycles. The van der Waals surface area contributed by atoms with Crippen molar-refractivity contribution in [1.82, 2.24) is 14.8 Å². The molecule has 0 aliphatic carbocycles. The van der Waals surface area contributed by atoms with E-state index in [2.05, 4.69) is 50.9 Å². The van der Waals surface area contributed by atoms with Crippen LogP contribution in [0.15, 0.2) is 42.7 Å². The van der Waals surface area contributed by atoms with E-state index < -0.39 is 0 Å². The Morgan fingerprint density at radius 1 is 1.18 bits per heavy atom. The lowest BCUT2D eigenvalue weighted by Gasteiger charge is -2.03. The number of hydrogen-bond donors (Lipinski definition) is 0. The van der Waals surface area contributed by atoms with Crippen LogP contribution in [0.25, 0.3) is 16.6 Å². The molecule has 0 bridgehead atoms. The van der Waals surface area contributed by atoms with Crippen molar-refractivity contribution in [2.75, 3.05) is 0 Å². The molecule has 3 nitrogen and oxygen atoms in total. The predicted octanol–water partition coefficient (Wildman–Crippen LogP) is 3.33. The van der Waals surface area contributed by atoms with Crippen LogP contribution >= 0.6 is 22.6 Å². The first-order chi connectivity index (χ1) is 8.24. The van der Waals surface area contributed by atoms with Crippen molar-refractivity contribution in [1.29, 1.82) is 0 Å². The minimum absolute atomic E-state index is 1.01. The van der Waals surface area contributed by atoms with Gasteiger partial charge in [-0.15, -0.1) is 0 Å². The molecule has 0 amide bonds. The molecule has 0 atom stereocenters. The average molecular weight is 335 g/mol. The molecule has 3 rings (SSSR count). The van der Waals surface area contributed by atoms with Gasteiger partial charge in [0.25, 0.3) is 0 Å². The third-order valence-electron chi connectivity index (χ3n) is 2.64. The van der Waals surface area contributed by atoms with Crippen molar-refractivity contribution in [3.63, 3.8) is 0 Å². The number of hydrogen-bond acceptors (Lipinski definition) is 2. The lowest BCUT2D eigenvalue weighted by Crippen LogP contribution is -1.96. The van der Waals surface area contributed by atoms with Gasteiger partial charge in [0.15, 0.2) is 0 Å².